The molecule has 2 rings (SSSR count). The summed E-state index contributed by atoms with van der Waals surface area (Å²) in [5.41, 5.74) is 1.49. The first-order valence-electron chi connectivity index (χ1n) is 7.81. The highest BCUT2D eigenvalue weighted by Crippen LogP contribution is 2.14. The van der Waals surface area contributed by atoms with Crippen molar-refractivity contribution in [3.8, 4) is 0 Å². The molecular weight excluding hydrogens is 280 g/mol. The molecule has 1 saturated heterocycles. The molecule has 0 atom stereocenters. The second-order valence-electron chi connectivity index (χ2n) is 6.53. The zero-order valence-electron chi connectivity index (χ0n) is 13.7. The number of amides is 1. The minimum atomic E-state index is -0.488. The molecule has 1 N–H and O–H groups in total. The fraction of sp³-hybridized carbons (Fsp3) is 0.588. The van der Waals surface area contributed by atoms with E-state index in [9.17, 15) is 4.79 Å². The van der Waals surface area contributed by atoms with E-state index in [-0.39, 0.29) is 0 Å². The van der Waals surface area contributed by atoms with Gasteiger partial charge in [-0.2, -0.15) is 0 Å². The van der Waals surface area contributed by atoms with Gasteiger partial charge in [0.25, 0.3) is 0 Å². The molecule has 1 aliphatic rings. The first kappa shape index (κ1) is 16.8. The SMILES string of the molecule is CC(C)(C)OC(=O)Nc1cccc(CCN2CCOCC2)c1. The van der Waals surface area contributed by atoms with Gasteiger partial charge in [0.05, 0.1) is 13.2 Å². The third-order valence-corrected chi connectivity index (χ3v) is 3.39. The lowest BCUT2D eigenvalue weighted by atomic mass is 10.1. The van der Waals surface area contributed by atoms with Gasteiger partial charge in [-0.3, -0.25) is 10.2 Å². The molecule has 5 nitrogen and oxygen atoms in total. The van der Waals surface area contributed by atoms with Gasteiger partial charge in [0.2, 0.25) is 0 Å². The van der Waals surface area contributed by atoms with Crippen molar-refractivity contribution >= 4 is 11.8 Å². The summed E-state index contributed by atoms with van der Waals surface area (Å²) in [6, 6.07) is 7.93. The number of nitrogens with one attached hydrogen (secondary N) is 1. The van der Waals surface area contributed by atoms with Crippen molar-refractivity contribution in [3.05, 3.63) is 29.8 Å². The number of hydrogen-bond acceptors (Lipinski definition) is 4. The van der Waals surface area contributed by atoms with E-state index >= 15 is 0 Å². The molecule has 0 radical (unpaired) electrons. The number of ether oxygens (including phenoxy) is 2. The summed E-state index contributed by atoms with van der Waals surface area (Å²) in [6.07, 6.45) is 0.543. The van der Waals surface area contributed by atoms with E-state index in [0.29, 0.717) is 0 Å². The van der Waals surface area contributed by atoms with Crippen molar-refractivity contribution in [2.75, 3.05) is 38.2 Å². The molecular formula is C17H26N2O3. The van der Waals surface area contributed by atoms with Gasteiger partial charge >= 0.3 is 6.09 Å². The molecule has 0 aromatic heterocycles. The van der Waals surface area contributed by atoms with Crippen molar-refractivity contribution in [2.45, 2.75) is 32.8 Å². The lowest BCUT2D eigenvalue weighted by molar-refractivity contribution is 0.0384. The van der Waals surface area contributed by atoms with Crippen LogP contribution in [0.2, 0.25) is 0 Å². The second kappa shape index (κ2) is 7.61. The molecule has 0 aliphatic carbocycles. The van der Waals surface area contributed by atoms with Crippen molar-refractivity contribution in [1.29, 1.82) is 0 Å². The Balaban J connectivity index is 1.85. The molecule has 0 bridgehead atoms. The van der Waals surface area contributed by atoms with Gasteiger partial charge < -0.3 is 9.47 Å². The average molecular weight is 306 g/mol. The fourth-order valence-electron chi connectivity index (χ4n) is 2.34. The molecule has 0 saturated carbocycles. The predicted octanol–water partition coefficient (Wildman–Crippen LogP) is 2.91. The number of carbonyl (C=O) groups excluding carboxylic acids is 1. The van der Waals surface area contributed by atoms with Crippen LogP contribution < -0.4 is 5.32 Å². The molecule has 0 spiro atoms. The van der Waals surface area contributed by atoms with E-state index < -0.39 is 11.7 Å². The second-order valence-corrected chi connectivity index (χ2v) is 6.53. The number of anilines is 1. The first-order valence-corrected chi connectivity index (χ1v) is 7.81. The van der Waals surface area contributed by atoms with Crippen LogP contribution in [-0.4, -0.2) is 49.4 Å². The molecule has 122 valence electrons. The third-order valence-electron chi connectivity index (χ3n) is 3.39. The highest BCUT2D eigenvalue weighted by Gasteiger charge is 2.16. The molecule has 1 heterocycles. The molecule has 1 amide bonds. The summed E-state index contributed by atoms with van der Waals surface area (Å²) in [6.45, 7) is 10.2. The van der Waals surface area contributed by atoms with Gasteiger partial charge in [-0.1, -0.05) is 12.1 Å². The van der Waals surface area contributed by atoms with Gasteiger partial charge in [-0.05, 0) is 44.9 Å². The molecule has 22 heavy (non-hydrogen) atoms. The number of morpholine rings is 1. The number of carbonyl (C=O) groups is 1. The van der Waals surface area contributed by atoms with Crippen molar-refractivity contribution in [1.82, 2.24) is 4.90 Å². The Morgan fingerprint density at radius 2 is 2.05 bits per heavy atom. The minimum absolute atomic E-state index is 0.419. The van der Waals surface area contributed by atoms with E-state index in [0.717, 1.165) is 45.0 Å². The summed E-state index contributed by atoms with van der Waals surface area (Å²) < 4.78 is 10.6. The number of rotatable bonds is 4. The summed E-state index contributed by atoms with van der Waals surface area (Å²) in [5.74, 6) is 0. The lowest BCUT2D eigenvalue weighted by Gasteiger charge is -2.26. The topological polar surface area (TPSA) is 50.8 Å². The lowest BCUT2D eigenvalue weighted by Crippen LogP contribution is -2.37. The Morgan fingerprint density at radius 3 is 2.73 bits per heavy atom. The average Bonchev–Trinajstić information content (AvgIpc) is 2.44. The van der Waals surface area contributed by atoms with Crippen LogP contribution in [0, 0.1) is 0 Å². The van der Waals surface area contributed by atoms with E-state index in [1.54, 1.807) is 0 Å². The Hall–Kier alpha value is -1.59. The van der Waals surface area contributed by atoms with Gasteiger partial charge in [0, 0.05) is 25.3 Å². The smallest absolute Gasteiger partial charge is 0.412 e. The van der Waals surface area contributed by atoms with Gasteiger partial charge in [-0.25, -0.2) is 4.79 Å². The van der Waals surface area contributed by atoms with Gasteiger partial charge in [-0.15, -0.1) is 0 Å². The molecule has 1 aromatic rings. The van der Waals surface area contributed by atoms with Crippen LogP contribution >= 0.6 is 0 Å². The molecule has 0 unspecified atom stereocenters. The maximum absolute atomic E-state index is 11.8. The predicted molar refractivity (Wildman–Crippen MR) is 87.3 cm³/mol. The molecule has 1 aromatic carbocycles. The standard InChI is InChI=1S/C17H26N2O3/c1-17(2,3)22-16(20)18-15-6-4-5-14(13-15)7-8-19-9-11-21-12-10-19/h4-6,13H,7-12H2,1-3H3,(H,18,20). The molecule has 5 heteroatoms. The Kier molecular flexibility index (Phi) is 5.80. The fourth-order valence-corrected chi connectivity index (χ4v) is 2.34. The van der Waals surface area contributed by atoms with E-state index in [1.807, 2.05) is 39.0 Å². The van der Waals surface area contributed by atoms with E-state index in [4.69, 9.17) is 9.47 Å². The highest BCUT2D eigenvalue weighted by molar-refractivity contribution is 5.84. The number of benzene rings is 1. The van der Waals surface area contributed by atoms with Crippen LogP contribution in [-0.2, 0) is 15.9 Å². The Labute approximate surface area is 132 Å². The minimum Gasteiger partial charge on any atom is -0.444 e. The Morgan fingerprint density at radius 1 is 1.32 bits per heavy atom. The number of hydrogen-bond donors (Lipinski definition) is 1. The van der Waals surface area contributed by atoms with Crippen LogP contribution in [0.15, 0.2) is 24.3 Å². The normalized spacial score (nSPS) is 16.3. The summed E-state index contributed by atoms with van der Waals surface area (Å²) >= 11 is 0. The first-order chi connectivity index (χ1) is 10.4. The maximum Gasteiger partial charge on any atom is 0.412 e. The van der Waals surface area contributed by atoms with Gasteiger partial charge in [0.1, 0.15) is 5.60 Å². The van der Waals surface area contributed by atoms with Crippen LogP contribution in [0.3, 0.4) is 0 Å². The number of nitrogens with zero attached hydrogens (tertiary/aromatic N) is 1. The summed E-state index contributed by atoms with van der Waals surface area (Å²) in [4.78, 5) is 14.2. The van der Waals surface area contributed by atoms with Crippen molar-refractivity contribution in [3.63, 3.8) is 0 Å². The highest BCUT2D eigenvalue weighted by atomic mass is 16.6. The van der Waals surface area contributed by atoms with Crippen molar-refractivity contribution in [2.24, 2.45) is 0 Å². The zero-order valence-corrected chi connectivity index (χ0v) is 13.7. The third kappa shape index (κ3) is 6.03. The van der Waals surface area contributed by atoms with Crippen LogP contribution in [0.5, 0.6) is 0 Å². The largest absolute Gasteiger partial charge is 0.444 e. The summed E-state index contributed by atoms with van der Waals surface area (Å²) in [7, 11) is 0. The van der Waals surface area contributed by atoms with Crippen LogP contribution in [0.4, 0.5) is 10.5 Å². The Bertz CT molecular complexity index is 491. The van der Waals surface area contributed by atoms with E-state index in [2.05, 4.69) is 16.3 Å². The van der Waals surface area contributed by atoms with E-state index in [1.165, 1.54) is 5.56 Å². The summed E-state index contributed by atoms with van der Waals surface area (Å²) in [5, 5.41) is 2.78. The van der Waals surface area contributed by atoms with Crippen LogP contribution in [0.25, 0.3) is 0 Å². The quantitative estimate of drug-likeness (QED) is 0.929. The maximum atomic E-state index is 11.8. The molecule has 1 aliphatic heterocycles. The molecule has 1 fully saturated rings. The van der Waals surface area contributed by atoms with Crippen molar-refractivity contribution < 1.29 is 14.3 Å². The van der Waals surface area contributed by atoms with Gasteiger partial charge in [0.15, 0.2) is 0 Å². The van der Waals surface area contributed by atoms with Crippen LogP contribution in [0.1, 0.15) is 26.3 Å². The zero-order chi connectivity index (χ0) is 16.0. The monoisotopic (exact) mass is 306 g/mol.